The van der Waals surface area contributed by atoms with E-state index < -0.39 is 23.6 Å². The highest BCUT2D eigenvalue weighted by Gasteiger charge is 2.45. The fourth-order valence-corrected chi connectivity index (χ4v) is 1.38. The average Bonchev–Trinajstić information content (AvgIpc) is 2.28. The summed E-state index contributed by atoms with van der Waals surface area (Å²) in [6.45, 7) is 3.07. The molecule has 0 saturated heterocycles. The van der Waals surface area contributed by atoms with Crippen molar-refractivity contribution in [3.8, 4) is 0 Å². The van der Waals surface area contributed by atoms with Crippen LogP contribution >= 0.6 is 0 Å². The molecule has 0 spiro atoms. The normalized spacial score (nSPS) is 13.2. The van der Waals surface area contributed by atoms with Crippen molar-refractivity contribution in [2.75, 3.05) is 6.61 Å². The summed E-state index contributed by atoms with van der Waals surface area (Å²) in [6.07, 6.45) is -2.48. The molecule has 0 fully saturated rings. The highest BCUT2D eigenvalue weighted by molar-refractivity contribution is 5.76. The molecule has 1 aromatic carbocycles. The van der Waals surface area contributed by atoms with E-state index in [1.165, 1.54) is 19.1 Å². The zero-order valence-electron chi connectivity index (χ0n) is 9.61. The van der Waals surface area contributed by atoms with Crippen molar-refractivity contribution in [2.24, 2.45) is 0 Å². The lowest BCUT2D eigenvalue weighted by Gasteiger charge is -2.21. The standard InChI is InChI=1S/C12H14F2O3/c1-3-17-11(16)10(15)12(13,14)9-6-4-5-8(2)7-9/h4-7,10,15H,3H2,1-2H3. The molecular formula is C12H14F2O3. The van der Waals surface area contributed by atoms with Crippen molar-refractivity contribution in [1.29, 1.82) is 0 Å². The second-order valence-electron chi connectivity index (χ2n) is 3.65. The molecule has 0 bridgehead atoms. The number of alkyl halides is 2. The monoisotopic (exact) mass is 244 g/mol. The van der Waals surface area contributed by atoms with Gasteiger partial charge in [-0.25, -0.2) is 4.79 Å². The Balaban J connectivity index is 2.97. The minimum absolute atomic E-state index is 0.0558. The molecule has 0 radical (unpaired) electrons. The summed E-state index contributed by atoms with van der Waals surface area (Å²) in [5, 5.41) is 9.30. The van der Waals surface area contributed by atoms with Crippen molar-refractivity contribution in [3.05, 3.63) is 35.4 Å². The molecule has 0 saturated carbocycles. The Bertz CT molecular complexity index is 404. The van der Waals surface area contributed by atoms with Crippen LogP contribution in [-0.2, 0) is 15.5 Å². The van der Waals surface area contributed by atoms with E-state index in [4.69, 9.17) is 0 Å². The second kappa shape index (κ2) is 5.23. The largest absolute Gasteiger partial charge is 0.464 e. The molecule has 5 heteroatoms. The first-order valence-corrected chi connectivity index (χ1v) is 5.19. The van der Waals surface area contributed by atoms with Gasteiger partial charge in [0.2, 0.25) is 6.10 Å². The predicted octanol–water partition coefficient (Wildman–Crippen LogP) is 2.01. The fraction of sp³-hybridized carbons (Fsp3) is 0.417. The van der Waals surface area contributed by atoms with Gasteiger partial charge in [0.15, 0.2) is 0 Å². The van der Waals surface area contributed by atoms with Crippen LogP contribution in [0.25, 0.3) is 0 Å². The molecule has 0 heterocycles. The van der Waals surface area contributed by atoms with E-state index in [1.807, 2.05) is 0 Å². The Kier molecular flexibility index (Phi) is 4.17. The zero-order valence-corrected chi connectivity index (χ0v) is 9.61. The smallest absolute Gasteiger partial charge is 0.341 e. The third-order valence-electron chi connectivity index (χ3n) is 2.26. The number of carbonyl (C=O) groups excluding carboxylic acids is 1. The molecule has 0 aliphatic heterocycles. The lowest BCUT2D eigenvalue weighted by molar-refractivity contribution is -0.178. The van der Waals surface area contributed by atoms with E-state index >= 15 is 0 Å². The maximum Gasteiger partial charge on any atom is 0.341 e. The van der Waals surface area contributed by atoms with Crippen LogP contribution in [0.4, 0.5) is 8.78 Å². The van der Waals surface area contributed by atoms with Gasteiger partial charge in [0, 0.05) is 5.56 Å². The van der Waals surface area contributed by atoms with Crippen LogP contribution in [0.5, 0.6) is 0 Å². The van der Waals surface area contributed by atoms with E-state index in [0.717, 1.165) is 6.07 Å². The van der Waals surface area contributed by atoms with Gasteiger partial charge in [-0.15, -0.1) is 0 Å². The number of halogens is 2. The van der Waals surface area contributed by atoms with Gasteiger partial charge in [0.25, 0.3) is 0 Å². The molecule has 17 heavy (non-hydrogen) atoms. The lowest BCUT2D eigenvalue weighted by atomic mass is 10.0. The lowest BCUT2D eigenvalue weighted by Crippen LogP contribution is -2.39. The minimum atomic E-state index is -3.65. The van der Waals surface area contributed by atoms with Gasteiger partial charge in [-0.1, -0.05) is 23.8 Å². The highest BCUT2D eigenvalue weighted by Crippen LogP contribution is 2.32. The number of aliphatic hydroxyl groups excluding tert-OH is 1. The molecule has 94 valence electrons. The number of benzene rings is 1. The quantitative estimate of drug-likeness (QED) is 0.824. The van der Waals surface area contributed by atoms with Crippen molar-refractivity contribution in [1.82, 2.24) is 0 Å². The topological polar surface area (TPSA) is 46.5 Å². The number of aliphatic hydroxyl groups is 1. The van der Waals surface area contributed by atoms with Gasteiger partial charge in [0.05, 0.1) is 6.61 Å². The van der Waals surface area contributed by atoms with Crippen LogP contribution in [0.3, 0.4) is 0 Å². The maximum absolute atomic E-state index is 13.8. The third-order valence-corrected chi connectivity index (χ3v) is 2.26. The van der Waals surface area contributed by atoms with E-state index in [1.54, 1.807) is 13.0 Å². The summed E-state index contributed by atoms with van der Waals surface area (Å²) in [5.41, 5.74) is 0.219. The number of carbonyl (C=O) groups is 1. The third kappa shape index (κ3) is 3.00. The van der Waals surface area contributed by atoms with Gasteiger partial charge < -0.3 is 9.84 Å². The summed E-state index contributed by atoms with van der Waals surface area (Å²) < 4.78 is 31.9. The number of esters is 1. The number of hydrogen-bond donors (Lipinski definition) is 1. The van der Waals surface area contributed by atoms with Crippen molar-refractivity contribution in [3.63, 3.8) is 0 Å². The van der Waals surface area contributed by atoms with Crippen molar-refractivity contribution < 1.29 is 23.4 Å². The first-order valence-electron chi connectivity index (χ1n) is 5.19. The SMILES string of the molecule is CCOC(=O)C(O)C(F)(F)c1cccc(C)c1. The van der Waals surface area contributed by atoms with Gasteiger partial charge in [-0.2, -0.15) is 8.78 Å². The Labute approximate surface area is 98.0 Å². The molecule has 0 aliphatic rings. The number of ether oxygens (including phenoxy) is 1. The molecular weight excluding hydrogens is 230 g/mol. The molecule has 0 amide bonds. The van der Waals surface area contributed by atoms with Crippen LogP contribution in [-0.4, -0.2) is 23.8 Å². The van der Waals surface area contributed by atoms with Crippen molar-refractivity contribution >= 4 is 5.97 Å². The molecule has 1 atom stereocenters. The van der Waals surface area contributed by atoms with Gasteiger partial charge in [-0.3, -0.25) is 0 Å². The van der Waals surface area contributed by atoms with Crippen LogP contribution in [0.15, 0.2) is 24.3 Å². The summed E-state index contributed by atoms with van der Waals surface area (Å²) >= 11 is 0. The van der Waals surface area contributed by atoms with Gasteiger partial charge in [-0.05, 0) is 19.9 Å². The second-order valence-corrected chi connectivity index (χ2v) is 3.65. The first-order chi connectivity index (χ1) is 7.89. The molecule has 0 aliphatic carbocycles. The minimum Gasteiger partial charge on any atom is -0.464 e. The molecule has 1 rings (SSSR count). The first kappa shape index (κ1) is 13.6. The number of hydrogen-bond acceptors (Lipinski definition) is 3. The summed E-state index contributed by atoms with van der Waals surface area (Å²) in [4.78, 5) is 11.1. The van der Waals surface area contributed by atoms with E-state index in [0.29, 0.717) is 5.56 Å². The Morgan fingerprint density at radius 1 is 1.53 bits per heavy atom. The molecule has 1 unspecified atom stereocenters. The molecule has 3 nitrogen and oxygen atoms in total. The zero-order chi connectivity index (χ0) is 13.1. The Hall–Kier alpha value is -1.49. The summed E-state index contributed by atoms with van der Waals surface area (Å²) in [5.74, 6) is -4.97. The van der Waals surface area contributed by atoms with Crippen LogP contribution in [0.2, 0.25) is 0 Å². The Morgan fingerprint density at radius 3 is 2.71 bits per heavy atom. The van der Waals surface area contributed by atoms with Crippen LogP contribution < -0.4 is 0 Å². The summed E-state index contributed by atoms with van der Waals surface area (Å²) in [6, 6.07) is 5.48. The number of aryl methyl sites for hydroxylation is 1. The van der Waals surface area contributed by atoms with E-state index in [9.17, 15) is 18.7 Å². The Morgan fingerprint density at radius 2 is 2.18 bits per heavy atom. The van der Waals surface area contributed by atoms with Gasteiger partial charge >= 0.3 is 11.9 Å². The van der Waals surface area contributed by atoms with E-state index in [2.05, 4.69) is 4.74 Å². The van der Waals surface area contributed by atoms with E-state index in [-0.39, 0.29) is 6.61 Å². The fourth-order valence-electron chi connectivity index (χ4n) is 1.38. The van der Waals surface area contributed by atoms with Crippen molar-refractivity contribution in [2.45, 2.75) is 25.9 Å². The summed E-state index contributed by atoms with van der Waals surface area (Å²) in [7, 11) is 0. The molecule has 0 aromatic heterocycles. The average molecular weight is 244 g/mol. The number of rotatable bonds is 4. The highest BCUT2D eigenvalue weighted by atomic mass is 19.3. The van der Waals surface area contributed by atoms with Crippen LogP contribution in [0.1, 0.15) is 18.1 Å². The predicted molar refractivity (Wildman–Crippen MR) is 57.7 cm³/mol. The molecule has 1 N–H and O–H groups in total. The maximum atomic E-state index is 13.8. The van der Waals surface area contributed by atoms with Crippen LogP contribution in [0, 0.1) is 6.92 Å². The van der Waals surface area contributed by atoms with Gasteiger partial charge in [0.1, 0.15) is 0 Å². The molecule has 1 aromatic rings.